The third-order valence-electron chi connectivity index (χ3n) is 5.26. The average molecular weight is 501 g/mol. The maximum absolute atomic E-state index is 13.4. The van der Waals surface area contributed by atoms with Crippen molar-refractivity contribution in [2.45, 2.75) is 12.3 Å². The topological polar surface area (TPSA) is 0 Å². The van der Waals surface area contributed by atoms with E-state index in [-0.39, 0.29) is 17.0 Å². The predicted octanol–water partition coefficient (Wildman–Crippen LogP) is 3.20. The van der Waals surface area contributed by atoms with Crippen molar-refractivity contribution < 1.29 is 30.2 Å². The van der Waals surface area contributed by atoms with E-state index in [9.17, 15) is 13.2 Å². The van der Waals surface area contributed by atoms with Gasteiger partial charge in [-0.25, -0.2) is 0 Å². The highest BCUT2D eigenvalue weighted by atomic mass is 79.9. The van der Waals surface area contributed by atoms with Crippen LogP contribution in [0.25, 0.3) is 0 Å². The molecule has 158 valence electrons. The summed E-state index contributed by atoms with van der Waals surface area (Å²) in [5, 5.41) is 3.46. The fourth-order valence-electron chi connectivity index (χ4n) is 3.89. The van der Waals surface area contributed by atoms with Gasteiger partial charge in [-0.3, -0.25) is 0 Å². The molecule has 0 aliphatic carbocycles. The predicted molar refractivity (Wildman–Crippen MR) is 120 cm³/mol. The lowest BCUT2D eigenvalue weighted by atomic mass is 10.1. The van der Waals surface area contributed by atoms with Crippen LogP contribution in [0, 0.1) is 0 Å². The van der Waals surface area contributed by atoms with Crippen molar-refractivity contribution in [1.82, 2.24) is 0 Å². The molecule has 0 aromatic heterocycles. The van der Waals surface area contributed by atoms with Crippen LogP contribution in [0.2, 0.25) is 0 Å². The van der Waals surface area contributed by atoms with Crippen LogP contribution in [-0.4, -0.2) is 0 Å². The molecule has 0 atom stereocenters. The highest BCUT2D eigenvalue weighted by Crippen LogP contribution is 2.58. The van der Waals surface area contributed by atoms with Crippen LogP contribution in [0.4, 0.5) is 13.2 Å². The molecule has 0 fully saturated rings. The maximum atomic E-state index is 13.4. The maximum Gasteiger partial charge on any atom is 0.416 e. The quantitative estimate of drug-likeness (QED) is 0.369. The van der Waals surface area contributed by atoms with Gasteiger partial charge in [-0.15, -0.1) is 0 Å². The minimum absolute atomic E-state index is 0. The monoisotopic (exact) mass is 500 g/mol. The molecule has 0 amide bonds. The van der Waals surface area contributed by atoms with Gasteiger partial charge in [0, 0.05) is 0 Å². The van der Waals surface area contributed by atoms with Crippen LogP contribution in [0.15, 0.2) is 115 Å². The van der Waals surface area contributed by atoms with Crippen molar-refractivity contribution in [2.24, 2.45) is 0 Å². The van der Waals surface area contributed by atoms with Gasteiger partial charge < -0.3 is 17.0 Å². The van der Waals surface area contributed by atoms with Crippen LogP contribution in [0.5, 0.6) is 0 Å². The second-order valence-electron chi connectivity index (χ2n) is 7.17. The second-order valence-corrected chi connectivity index (χ2v) is 10.7. The first-order valence-electron chi connectivity index (χ1n) is 9.71. The van der Waals surface area contributed by atoms with Gasteiger partial charge in [-0.2, -0.15) is 13.2 Å². The van der Waals surface area contributed by atoms with Gasteiger partial charge in [0.1, 0.15) is 23.2 Å². The van der Waals surface area contributed by atoms with Crippen LogP contribution >= 0.6 is 7.26 Å². The fraction of sp³-hybridized carbons (Fsp3) is 0.0769. The molecule has 0 heterocycles. The molecule has 31 heavy (non-hydrogen) atoms. The number of alkyl halides is 3. The molecule has 0 unspecified atom stereocenters. The summed E-state index contributed by atoms with van der Waals surface area (Å²) in [5.74, 6) is 0. The smallest absolute Gasteiger partial charge is 0.416 e. The summed E-state index contributed by atoms with van der Waals surface area (Å²) in [6.45, 7) is 0. The Balaban J connectivity index is 0.00000272. The fourth-order valence-corrected chi connectivity index (χ4v) is 8.12. The lowest BCUT2D eigenvalue weighted by Gasteiger charge is -2.28. The van der Waals surface area contributed by atoms with Crippen molar-refractivity contribution in [3.05, 3.63) is 126 Å². The summed E-state index contributed by atoms with van der Waals surface area (Å²) in [6, 6.07) is 36.3. The van der Waals surface area contributed by atoms with Crippen LogP contribution in [0.3, 0.4) is 0 Å². The first-order valence-corrected chi connectivity index (χ1v) is 11.7. The SMILES string of the molecule is FC(F)(F)c1cccc(C[P+](c2ccccc2)(c2ccccc2)c2ccccc2)c1.[Br-]. The van der Waals surface area contributed by atoms with Crippen LogP contribution < -0.4 is 32.9 Å². The summed E-state index contributed by atoms with van der Waals surface area (Å²) in [7, 11) is -2.21. The number of benzene rings is 4. The largest absolute Gasteiger partial charge is 1.00 e. The van der Waals surface area contributed by atoms with E-state index in [4.69, 9.17) is 0 Å². The zero-order valence-corrected chi connectivity index (χ0v) is 19.1. The Morgan fingerprint density at radius 1 is 0.548 bits per heavy atom. The Morgan fingerprint density at radius 3 is 1.35 bits per heavy atom. The molecular weight excluding hydrogens is 480 g/mol. The lowest BCUT2D eigenvalue weighted by molar-refractivity contribution is -0.137. The van der Waals surface area contributed by atoms with Crippen LogP contribution in [-0.2, 0) is 12.3 Å². The molecule has 5 heteroatoms. The van der Waals surface area contributed by atoms with E-state index in [1.54, 1.807) is 6.07 Å². The first-order chi connectivity index (χ1) is 14.5. The van der Waals surface area contributed by atoms with Crippen molar-refractivity contribution in [3.8, 4) is 0 Å². The molecular formula is C26H21BrF3P. The third-order valence-corrected chi connectivity index (χ3v) is 9.64. The minimum atomic E-state index is -4.36. The van der Waals surface area contributed by atoms with Crippen molar-refractivity contribution >= 4 is 23.2 Å². The first kappa shape index (κ1) is 23.2. The average Bonchev–Trinajstić information content (AvgIpc) is 2.79. The van der Waals surface area contributed by atoms with Gasteiger partial charge in [0.2, 0.25) is 0 Å². The van der Waals surface area contributed by atoms with E-state index in [1.807, 2.05) is 54.6 Å². The molecule has 0 aliphatic heterocycles. The standard InChI is InChI=1S/C26H21F3P.BrH/c27-26(28,29)22-12-10-11-21(19-22)20-30(23-13-4-1-5-14-23,24-15-6-2-7-16-24)25-17-8-3-9-18-25;/h1-19H,20H2;1H/q+1;/p-1. The number of hydrogen-bond donors (Lipinski definition) is 0. The molecule has 4 aromatic rings. The summed E-state index contributed by atoms with van der Waals surface area (Å²) < 4.78 is 40.1. The highest BCUT2D eigenvalue weighted by Gasteiger charge is 2.45. The van der Waals surface area contributed by atoms with Gasteiger partial charge in [-0.05, 0) is 54.1 Å². The summed E-state index contributed by atoms with van der Waals surface area (Å²) in [6.07, 6.45) is -3.84. The third kappa shape index (κ3) is 4.92. The van der Waals surface area contributed by atoms with E-state index in [0.29, 0.717) is 11.7 Å². The van der Waals surface area contributed by atoms with Crippen molar-refractivity contribution in [2.75, 3.05) is 0 Å². The molecule has 0 saturated carbocycles. The molecule has 4 aromatic carbocycles. The molecule has 0 nitrogen and oxygen atoms in total. The normalized spacial score (nSPS) is 11.6. The van der Waals surface area contributed by atoms with Gasteiger partial charge in [0.25, 0.3) is 0 Å². The number of hydrogen-bond acceptors (Lipinski definition) is 0. The van der Waals surface area contributed by atoms with Crippen molar-refractivity contribution in [1.29, 1.82) is 0 Å². The lowest BCUT2D eigenvalue weighted by Crippen LogP contribution is -3.00. The molecule has 0 radical (unpaired) electrons. The van der Waals surface area contributed by atoms with Gasteiger partial charge in [0.15, 0.2) is 0 Å². The zero-order chi connectivity index (χ0) is 21.0. The summed E-state index contributed by atoms with van der Waals surface area (Å²) in [5.41, 5.74) is 0.0852. The number of halogens is 4. The summed E-state index contributed by atoms with van der Waals surface area (Å²) in [4.78, 5) is 0. The molecule has 0 saturated heterocycles. The molecule has 0 aliphatic rings. The second kappa shape index (κ2) is 9.80. The van der Waals surface area contributed by atoms with Crippen LogP contribution in [0.1, 0.15) is 11.1 Å². The van der Waals surface area contributed by atoms with Gasteiger partial charge >= 0.3 is 6.18 Å². The van der Waals surface area contributed by atoms with Gasteiger partial charge in [-0.1, -0.05) is 66.7 Å². The highest BCUT2D eigenvalue weighted by molar-refractivity contribution is 7.95. The summed E-state index contributed by atoms with van der Waals surface area (Å²) >= 11 is 0. The Bertz CT molecular complexity index is 1000. The van der Waals surface area contributed by atoms with E-state index in [0.717, 1.165) is 22.0 Å². The molecule has 0 spiro atoms. The van der Waals surface area contributed by atoms with Crippen molar-refractivity contribution in [3.63, 3.8) is 0 Å². The Kier molecular flexibility index (Phi) is 7.35. The Hall–Kier alpha value is -2.42. The van der Waals surface area contributed by atoms with E-state index in [2.05, 4.69) is 36.4 Å². The van der Waals surface area contributed by atoms with E-state index >= 15 is 0 Å². The zero-order valence-electron chi connectivity index (χ0n) is 16.6. The molecule has 4 rings (SSSR count). The Morgan fingerprint density at radius 2 is 0.968 bits per heavy atom. The van der Waals surface area contributed by atoms with Gasteiger partial charge in [0.05, 0.1) is 11.7 Å². The number of rotatable bonds is 5. The minimum Gasteiger partial charge on any atom is -1.00 e. The molecule has 0 bridgehead atoms. The van der Waals surface area contributed by atoms with E-state index in [1.165, 1.54) is 12.1 Å². The Labute approximate surface area is 191 Å². The van der Waals surface area contributed by atoms with E-state index < -0.39 is 19.0 Å². The molecule has 0 N–H and O–H groups in total.